The molecule has 0 aliphatic heterocycles. The van der Waals surface area contributed by atoms with Crippen molar-refractivity contribution in [1.82, 2.24) is 4.98 Å². The minimum absolute atomic E-state index is 0.130. The number of alkyl halides is 3. The molecule has 1 N–H and O–H groups in total. The van der Waals surface area contributed by atoms with Crippen LogP contribution in [0.4, 0.5) is 19.0 Å². The molecule has 1 amide bonds. The summed E-state index contributed by atoms with van der Waals surface area (Å²) in [6.07, 6.45) is -4.42. The second-order valence-electron chi connectivity index (χ2n) is 4.29. The fourth-order valence-corrected chi connectivity index (χ4v) is 1.83. The largest absolute Gasteiger partial charge is 0.416 e. The predicted octanol–water partition coefficient (Wildman–Crippen LogP) is 4.42. The standard InChI is InChI=1S/C14H10BrF3N2O/c1-8-11(15)6-7-12(19-8)20-13(21)9-2-4-10(5-3-9)14(16,17)18/h2-7H,1H3,(H,19,20,21). The molecule has 1 aromatic carbocycles. The van der Waals surface area contributed by atoms with Crippen molar-refractivity contribution in [3.8, 4) is 0 Å². The van der Waals surface area contributed by atoms with Crippen LogP contribution in [0, 0.1) is 6.92 Å². The summed E-state index contributed by atoms with van der Waals surface area (Å²) in [7, 11) is 0. The number of anilines is 1. The smallest absolute Gasteiger partial charge is 0.307 e. The molecule has 0 radical (unpaired) electrons. The van der Waals surface area contributed by atoms with Gasteiger partial charge in [0, 0.05) is 10.0 Å². The van der Waals surface area contributed by atoms with Gasteiger partial charge in [-0.2, -0.15) is 13.2 Å². The van der Waals surface area contributed by atoms with Crippen LogP contribution in [0.25, 0.3) is 0 Å². The van der Waals surface area contributed by atoms with Gasteiger partial charge < -0.3 is 5.32 Å². The van der Waals surface area contributed by atoms with Crippen molar-refractivity contribution in [2.24, 2.45) is 0 Å². The average molecular weight is 359 g/mol. The summed E-state index contributed by atoms with van der Waals surface area (Å²) in [4.78, 5) is 16.1. The molecule has 2 aromatic rings. The summed E-state index contributed by atoms with van der Waals surface area (Å²) >= 11 is 3.29. The van der Waals surface area contributed by atoms with E-state index in [2.05, 4.69) is 26.2 Å². The van der Waals surface area contributed by atoms with E-state index in [1.807, 2.05) is 0 Å². The lowest BCUT2D eigenvalue weighted by atomic mass is 10.1. The average Bonchev–Trinajstić information content (AvgIpc) is 2.42. The number of pyridine rings is 1. The summed E-state index contributed by atoms with van der Waals surface area (Å²) in [6.45, 7) is 1.76. The number of benzene rings is 1. The lowest BCUT2D eigenvalue weighted by Gasteiger charge is -2.08. The molecule has 110 valence electrons. The van der Waals surface area contributed by atoms with Gasteiger partial charge >= 0.3 is 6.18 Å². The molecule has 0 bridgehead atoms. The van der Waals surface area contributed by atoms with Crippen LogP contribution in [0.1, 0.15) is 21.6 Å². The van der Waals surface area contributed by atoms with Crippen molar-refractivity contribution in [2.45, 2.75) is 13.1 Å². The van der Waals surface area contributed by atoms with E-state index in [1.165, 1.54) is 0 Å². The summed E-state index contributed by atoms with van der Waals surface area (Å²) in [5.41, 5.74) is 0.0299. The zero-order chi connectivity index (χ0) is 15.6. The normalized spacial score (nSPS) is 11.3. The summed E-state index contributed by atoms with van der Waals surface area (Å²) in [5.74, 6) is -0.182. The summed E-state index contributed by atoms with van der Waals surface area (Å²) in [6, 6.07) is 7.32. The molecule has 2 rings (SSSR count). The zero-order valence-electron chi connectivity index (χ0n) is 10.8. The van der Waals surface area contributed by atoms with Crippen LogP contribution in [-0.4, -0.2) is 10.9 Å². The lowest BCUT2D eigenvalue weighted by molar-refractivity contribution is -0.137. The Morgan fingerprint density at radius 2 is 1.76 bits per heavy atom. The number of halogens is 4. The Bertz CT molecular complexity index is 669. The number of nitrogens with zero attached hydrogens (tertiary/aromatic N) is 1. The van der Waals surface area contributed by atoms with Crippen LogP contribution < -0.4 is 5.32 Å². The van der Waals surface area contributed by atoms with Crippen LogP contribution in [0.2, 0.25) is 0 Å². The predicted molar refractivity (Wildman–Crippen MR) is 76.1 cm³/mol. The SMILES string of the molecule is Cc1nc(NC(=O)c2ccc(C(F)(F)F)cc2)ccc1Br. The van der Waals surface area contributed by atoms with Gasteiger partial charge in [0.2, 0.25) is 0 Å². The molecule has 0 saturated carbocycles. The number of aryl methyl sites for hydroxylation is 1. The number of amides is 1. The quantitative estimate of drug-likeness (QED) is 0.862. The summed E-state index contributed by atoms with van der Waals surface area (Å²) in [5, 5.41) is 2.53. The van der Waals surface area contributed by atoms with Gasteiger partial charge in [0.15, 0.2) is 0 Å². The lowest BCUT2D eigenvalue weighted by Crippen LogP contribution is -2.14. The number of carbonyl (C=O) groups excluding carboxylic acids is 1. The highest BCUT2D eigenvalue weighted by atomic mass is 79.9. The minimum Gasteiger partial charge on any atom is -0.307 e. The Morgan fingerprint density at radius 3 is 2.29 bits per heavy atom. The first kappa shape index (κ1) is 15.5. The van der Waals surface area contributed by atoms with Crippen molar-refractivity contribution < 1.29 is 18.0 Å². The molecule has 0 saturated heterocycles. The zero-order valence-corrected chi connectivity index (χ0v) is 12.4. The van der Waals surface area contributed by atoms with Crippen LogP contribution in [0.15, 0.2) is 40.9 Å². The van der Waals surface area contributed by atoms with Gasteiger partial charge in [0.05, 0.1) is 11.3 Å². The highest BCUT2D eigenvalue weighted by molar-refractivity contribution is 9.10. The van der Waals surface area contributed by atoms with E-state index in [-0.39, 0.29) is 5.56 Å². The molecule has 0 atom stereocenters. The van der Waals surface area contributed by atoms with Crippen LogP contribution in [-0.2, 0) is 6.18 Å². The molecule has 21 heavy (non-hydrogen) atoms. The van der Waals surface area contributed by atoms with E-state index in [4.69, 9.17) is 0 Å². The maximum absolute atomic E-state index is 12.4. The molecule has 1 heterocycles. The van der Waals surface area contributed by atoms with Gasteiger partial charge in [0.1, 0.15) is 5.82 Å². The minimum atomic E-state index is -4.42. The first-order valence-electron chi connectivity index (χ1n) is 5.89. The first-order valence-corrected chi connectivity index (χ1v) is 6.68. The second-order valence-corrected chi connectivity index (χ2v) is 5.15. The number of rotatable bonds is 2. The van der Waals surface area contributed by atoms with Crippen molar-refractivity contribution in [1.29, 1.82) is 0 Å². The molecule has 0 aliphatic carbocycles. The summed E-state index contributed by atoms with van der Waals surface area (Å²) < 4.78 is 38.1. The maximum atomic E-state index is 12.4. The Balaban J connectivity index is 2.15. The Kier molecular flexibility index (Phi) is 4.32. The number of hydrogen-bond acceptors (Lipinski definition) is 2. The Morgan fingerprint density at radius 1 is 1.14 bits per heavy atom. The third-order valence-corrected chi connectivity index (χ3v) is 3.58. The van der Waals surface area contributed by atoms with Crippen LogP contribution in [0.3, 0.4) is 0 Å². The van der Waals surface area contributed by atoms with Gasteiger partial charge in [-0.1, -0.05) is 0 Å². The Hall–Kier alpha value is -1.89. The van der Waals surface area contributed by atoms with Crippen LogP contribution in [0.5, 0.6) is 0 Å². The molecule has 0 spiro atoms. The Labute approximate surface area is 127 Å². The molecular weight excluding hydrogens is 349 g/mol. The monoisotopic (exact) mass is 358 g/mol. The third-order valence-electron chi connectivity index (χ3n) is 2.74. The molecule has 0 unspecified atom stereocenters. The van der Waals surface area contributed by atoms with E-state index in [0.717, 1.165) is 28.7 Å². The number of carbonyl (C=O) groups is 1. The van der Waals surface area contributed by atoms with E-state index < -0.39 is 17.6 Å². The second kappa shape index (κ2) is 5.85. The fourth-order valence-electron chi connectivity index (χ4n) is 1.61. The number of hydrogen-bond donors (Lipinski definition) is 1. The molecule has 3 nitrogen and oxygen atoms in total. The van der Waals surface area contributed by atoms with Crippen LogP contribution >= 0.6 is 15.9 Å². The van der Waals surface area contributed by atoms with E-state index in [1.54, 1.807) is 19.1 Å². The van der Waals surface area contributed by atoms with Gasteiger partial charge in [-0.3, -0.25) is 4.79 Å². The number of aromatic nitrogens is 1. The number of nitrogens with one attached hydrogen (secondary N) is 1. The van der Waals surface area contributed by atoms with Crippen molar-refractivity contribution in [3.63, 3.8) is 0 Å². The van der Waals surface area contributed by atoms with E-state index >= 15 is 0 Å². The third kappa shape index (κ3) is 3.81. The van der Waals surface area contributed by atoms with Gasteiger partial charge in [-0.15, -0.1) is 0 Å². The van der Waals surface area contributed by atoms with Gasteiger partial charge in [-0.25, -0.2) is 4.98 Å². The van der Waals surface area contributed by atoms with Crippen molar-refractivity contribution in [3.05, 3.63) is 57.7 Å². The molecule has 1 aromatic heterocycles. The van der Waals surface area contributed by atoms with Gasteiger partial charge in [0.25, 0.3) is 5.91 Å². The van der Waals surface area contributed by atoms with E-state index in [9.17, 15) is 18.0 Å². The molecule has 0 aliphatic rings. The molecule has 7 heteroatoms. The highest BCUT2D eigenvalue weighted by Crippen LogP contribution is 2.29. The topological polar surface area (TPSA) is 42.0 Å². The maximum Gasteiger partial charge on any atom is 0.416 e. The molecule has 0 fully saturated rings. The van der Waals surface area contributed by atoms with Crippen molar-refractivity contribution >= 4 is 27.7 Å². The van der Waals surface area contributed by atoms with Crippen molar-refractivity contribution in [2.75, 3.05) is 5.32 Å². The first-order chi connectivity index (χ1) is 9.77. The highest BCUT2D eigenvalue weighted by Gasteiger charge is 2.30. The van der Waals surface area contributed by atoms with Gasteiger partial charge in [-0.05, 0) is 59.3 Å². The van der Waals surface area contributed by atoms with E-state index in [0.29, 0.717) is 11.5 Å². The molecular formula is C14H10BrF3N2O. The fraction of sp³-hybridized carbons (Fsp3) is 0.143.